The fourth-order valence-electron chi connectivity index (χ4n) is 4.28. The quantitative estimate of drug-likeness (QED) is 0.0956. The number of aliphatic hydroxyl groups excluding tert-OH is 5. The highest BCUT2D eigenvalue weighted by Gasteiger charge is 2.44. The van der Waals surface area contributed by atoms with Gasteiger partial charge in [-0.15, -0.1) is 0 Å². The van der Waals surface area contributed by atoms with Crippen LogP contribution < -0.4 is 5.32 Å². The molecule has 1 amide bonds. The summed E-state index contributed by atoms with van der Waals surface area (Å²) in [6, 6.07) is -0.809. The zero-order valence-corrected chi connectivity index (χ0v) is 23.4. The van der Waals surface area contributed by atoms with Crippen molar-refractivity contribution in [2.75, 3.05) is 13.2 Å². The van der Waals surface area contributed by atoms with Crippen molar-refractivity contribution < 1.29 is 39.8 Å². The fraction of sp³-hybridized carbons (Fsp3) is 0.828. The van der Waals surface area contributed by atoms with Crippen molar-refractivity contribution in [2.45, 2.75) is 140 Å². The van der Waals surface area contributed by atoms with Crippen molar-refractivity contribution in [3.8, 4) is 0 Å². The van der Waals surface area contributed by atoms with Crippen LogP contribution in [0.3, 0.4) is 0 Å². The molecule has 0 saturated carbocycles. The van der Waals surface area contributed by atoms with Gasteiger partial charge in [0, 0.05) is 6.42 Å². The van der Waals surface area contributed by atoms with E-state index in [-0.39, 0.29) is 12.5 Å². The van der Waals surface area contributed by atoms with Crippen LogP contribution >= 0.6 is 0 Å². The van der Waals surface area contributed by atoms with Crippen LogP contribution in [0.5, 0.6) is 0 Å². The van der Waals surface area contributed by atoms with Crippen molar-refractivity contribution in [1.29, 1.82) is 0 Å². The molecule has 0 bridgehead atoms. The predicted molar refractivity (Wildman–Crippen MR) is 147 cm³/mol. The molecule has 9 heteroatoms. The maximum Gasteiger partial charge on any atom is 0.220 e. The Hall–Kier alpha value is -1.33. The topological polar surface area (TPSA) is 149 Å². The van der Waals surface area contributed by atoms with E-state index in [0.717, 1.165) is 51.4 Å². The van der Waals surface area contributed by atoms with Gasteiger partial charge in [-0.2, -0.15) is 0 Å². The lowest BCUT2D eigenvalue weighted by Gasteiger charge is -2.40. The third-order valence-electron chi connectivity index (χ3n) is 6.78. The molecule has 0 spiro atoms. The van der Waals surface area contributed by atoms with E-state index in [1.165, 1.54) is 25.7 Å². The van der Waals surface area contributed by atoms with Gasteiger partial charge in [0.1, 0.15) is 24.4 Å². The lowest BCUT2D eigenvalue weighted by atomic mass is 9.99. The van der Waals surface area contributed by atoms with Gasteiger partial charge in [-0.05, 0) is 32.1 Å². The molecule has 0 aromatic heterocycles. The van der Waals surface area contributed by atoms with Crippen molar-refractivity contribution in [3.05, 3.63) is 24.3 Å². The van der Waals surface area contributed by atoms with Gasteiger partial charge in [0.25, 0.3) is 0 Å². The molecule has 7 unspecified atom stereocenters. The van der Waals surface area contributed by atoms with E-state index >= 15 is 0 Å². The molecule has 1 rings (SSSR count). The molecule has 0 aromatic carbocycles. The molecule has 1 fully saturated rings. The Morgan fingerprint density at radius 3 is 2.21 bits per heavy atom. The number of nitrogens with one attached hydrogen (secondary N) is 1. The van der Waals surface area contributed by atoms with Gasteiger partial charge < -0.3 is 40.3 Å². The Morgan fingerprint density at radius 2 is 1.50 bits per heavy atom. The third kappa shape index (κ3) is 14.2. The van der Waals surface area contributed by atoms with Gasteiger partial charge in [-0.3, -0.25) is 4.79 Å². The molecule has 0 radical (unpaired) electrons. The van der Waals surface area contributed by atoms with E-state index in [0.29, 0.717) is 6.42 Å². The molecular formula is C29H53NO8. The molecule has 1 aliphatic rings. The Bertz CT molecular complexity index is 656. The summed E-state index contributed by atoms with van der Waals surface area (Å²) in [7, 11) is 0. The molecule has 0 aromatic rings. The largest absolute Gasteiger partial charge is 0.394 e. The summed E-state index contributed by atoms with van der Waals surface area (Å²) < 4.78 is 11.0. The van der Waals surface area contributed by atoms with Crippen LogP contribution in [0, 0.1) is 0 Å². The predicted octanol–water partition coefficient (Wildman–Crippen LogP) is 2.87. The lowest BCUT2D eigenvalue weighted by Crippen LogP contribution is -2.60. The molecular weight excluding hydrogens is 490 g/mol. The normalized spacial score (nSPS) is 25.7. The zero-order valence-electron chi connectivity index (χ0n) is 23.4. The summed E-state index contributed by atoms with van der Waals surface area (Å²) in [5, 5.41) is 53.2. The molecule has 222 valence electrons. The van der Waals surface area contributed by atoms with Gasteiger partial charge in [0.2, 0.25) is 5.91 Å². The monoisotopic (exact) mass is 543 g/mol. The fourth-order valence-corrected chi connectivity index (χ4v) is 4.28. The van der Waals surface area contributed by atoms with Crippen LogP contribution in [0.1, 0.15) is 97.3 Å². The first-order chi connectivity index (χ1) is 18.3. The molecule has 7 atom stereocenters. The number of hydrogen-bond donors (Lipinski definition) is 6. The Kier molecular flexibility index (Phi) is 19.6. The highest BCUT2D eigenvalue weighted by Crippen LogP contribution is 2.22. The second-order valence-electron chi connectivity index (χ2n) is 10.2. The van der Waals surface area contributed by atoms with Crippen LogP contribution in [0.25, 0.3) is 0 Å². The van der Waals surface area contributed by atoms with Crippen molar-refractivity contribution >= 4 is 5.91 Å². The number of rotatable bonds is 21. The smallest absolute Gasteiger partial charge is 0.220 e. The summed E-state index contributed by atoms with van der Waals surface area (Å²) in [5.74, 6) is -0.203. The van der Waals surface area contributed by atoms with Crippen LogP contribution in [0.2, 0.25) is 0 Å². The number of carbonyl (C=O) groups is 1. The first kappa shape index (κ1) is 34.7. The summed E-state index contributed by atoms with van der Waals surface area (Å²) >= 11 is 0. The zero-order chi connectivity index (χ0) is 28.2. The summed E-state index contributed by atoms with van der Waals surface area (Å²) in [6.45, 7) is 3.57. The second-order valence-corrected chi connectivity index (χ2v) is 10.2. The lowest BCUT2D eigenvalue weighted by molar-refractivity contribution is -0.302. The summed E-state index contributed by atoms with van der Waals surface area (Å²) in [5.41, 5.74) is 0. The molecule has 6 N–H and O–H groups in total. The maximum atomic E-state index is 12.6. The van der Waals surface area contributed by atoms with Crippen molar-refractivity contribution in [2.24, 2.45) is 0 Å². The minimum Gasteiger partial charge on any atom is -0.394 e. The molecule has 1 saturated heterocycles. The number of hydrogen-bond acceptors (Lipinski definition) is 8. The van der Waals surface area contributed by atoms with E-state index < -0.39 is 49.5 Å². The average Bonchev–Trinajstić information content (AvgIpc) is 2.91. The summed E-state index contributed by atoms with van der Waals surface area (Å²) in [6.07, 6.45) is 12.7. The Labute approximate surface area is 228 Å². The molecule has 9 nitrogen and oxygen atoms in total. The molecule has 38 heavy (non-hydrogen) atoms. The van der Waals surface area contributed by atoms with Crippen LogP contribution in [-0.4, -0.2) is 87.5 Å². The number of allylic oxidation sites excluding steroid dienone is 3. The third-order valence-corrected chi connectivity index (χ3v) is 6.78. The number of carbonyl (C=O) groups excluding carboxylic acids is 1. The van der Waals surface area contributed by atoms with Gasteiger partial charge in [0.05, 0.1) is 25.4 Å². The minimum atomic E-state index is -1.56. The number of unbranched alkanes of at least 4 members (excludes halogenated alkanes) is 9. The highest BCUT2D eigenvalue weighted by molar-refractivity contribution is 5.76. The Balaban J connectivity index is 2.65. The second kappa shape index (κ2) is 21.5. The van der Waals surface area contributed by atoms with Crippen molar-refractivity contribution in [3.63, 3.8) is 0 Å². The van der Waals surface area contributed by atoms with Gasteiger partial charge in [-0.1, -0.05) is 83.1 Å². The highest BCUT2D eigenvalue weighted by atomic mass is 16.7. The van der Waals surface area contributed by atoms with E-state index in [1.54, 1.807) is 6.08 Å². The van der Waals surface area contributed by atoms with Gasteiger partial charge >= 0.3 is 0 Å². The van der Waals surface area contributed by atoms with Gasteiger partial charge in [-0.25, -0.2) is 0 Å². The van der Waals surface area contributed by atoms with Crippen molar-refractivity contribution in [1.82, 2.24) is 5.32 Å². The SMILES string of the molecule is CCCCC/C=C/CC/C=C/C(O)C(COC1OC(CO)C(O)C(O)C1O)NC(=O)CCCCCCCC. The van der Waals surface area contributed by atoms with E-state index in [9.17, 15) is 30.3 Å². The first-order valence-electron chi connectivity index (χ1n) is 14.6. The standard InChI is InChI=1S/C29H53NO8/c1-3-5-7-9-11-12-13-14-16-18-23(32)22(30-25(33)19-17-15-10-8-6-4-2)21-37-29-28(36)27(35)26(34)24(20-31)38-29/h11-12,16,18,22-24,26-29,31-32,34-36H,3-10,13-15,17,19-21H2,1-2H3,(H,30,33)/b12-11+,18-16+. The van der Waals surface area contributed by atoms with Crippen LogP contribution in [0.15, 0.2) is 24.3 Å². The molecule has 1 aliphatic heterocycles. The molecule has 1 heterocycles. The number of amides is 1. The van der Waals surface area contributed by atoms with E-state index in [1.807, 2.05) is 6.08 Å². The number of ether oxygens (including phenoxy) is 2. The van der Waals surface area contributed by atoms with E-state index in [2.05, 4.69) is 31.3 Å². The van der Waals surface area contributed by atoms with Crippen LogP contribution in [0.4, 0.5) is 0 Å². The number of aliphatic hydroxyl groups is 5. The molecule has 0 aliphatic carbocycles. The summed E-state index contributed by atoms with van der Waals surface area (Å²) in [4.78, 5) is 12.6. The first-order valence-corrected chi connectivity index (χ1v) is 14.6. The van der Waals surface area contributed by atoms with Gasteiger partial charge in [0.15, 0.2) is 6.29 Å². The van der Waals surface area contributed by atoms with Crippen LogP contribution in [-0.2, 0) is 14.3 Å². The Morgan fingerprint density at radius 1 is 0.868 bits per heavy atom. The maximum absolute atomic E-state index is 12.6. The van der Waals surface area contributed by atoms with E-state index in [4.69, 9.17) is 9.47 Å². The minimum absolute atomic E-state index is 0.201. The average molecular weight is 544 g/mol.